The maximum atomic E-state index is 10.5. The quantitative estimate of drug-likeness (QED) is 0.574. The molecule has 0 unspecified atom stereocenters. The third-order valence-corrected chi connectivity index (χ3v) is 3.52. The first-order valence-electron chi connectivity index (χ1n) is 6.07. The Balaban J connectivity index is 1.99. The predicted octanol–water partition coefficient (Wildman–Crippen LogP) is 3.07. The lowest BCUT2D eigenvalue weighted by Gasteiger charge is -2.01. The van der Waals surface area contributed by atoms with Gasteiger partial charge in [0.25, 0.3) is 10.1 Å². The second kappa shape index (κ2) is 7.45. The van der Waals surface area contributed by atoms with Crippen molar-refractivity contribution in [2.75, 3.05) is 5.75 Å². The van der Waals surface area contributed by atoms with Gasteiger partial charge in [-0.2, -0.15) is 8.42 Å². The molecule has 1 aromatic rings. The monoisotopic (exact) mass is 256 g/mol. The molecule has 0 saturated heterocycles. The minimum Gasteiger partial charge on any atom is -0.286 e. The lowest BCUT2D eigenvalue weighted by molar-refractivity contribution is 0.479. The van der Waals surface area contributed by atoms with Crippen molar-refractivity contribution in [3.05, 3.63) is 35.9 Å². The van der Waals surface area contributed by atoms with Gasteiger partial charge in [0.05, 0.1) is 5.75 Å². The van der Waals surface area contributed by atoms with Crippen LogP contribution in [0.2, 0.25) is 0 Å². The average Bonchev–Trinajstić information content (AvgIpc) is 2.28. The summed E-state index contributed by atoms with van der Waals surface area (Å²) < 4.78 is 29.5. The highest BCUT2D eigenvalue weighted by Crippen LogP contribution is 2.09. The van der Waals surface area contributed by atoms with Crippen molar-refractivity contribution in [2.24, 2.45) is 0 Å². The summed E-state index contributed by atoms with van der Waals surface area (Å²) in [6, 6.07) is 10.3. The van der Waals surface area contributed by atoms with Gasteiger partial charge in [-0.25, -0.2) is 0 Å². The normalized spacial score (nSPS) is 11.6. The van der Waals surface area contributed by atoms with Gasteiger partial charge in [-0.05, 0) is 24.8 Å². The number of unbranched alkanes of at least 4 members (excludes halogenated alkanes) is 4. The molecule has 1 N–H and O–H groups in total. The van der Waals surface area contributed by atoms with Gasteiger partial charge in [0.1, 0.15) is 0 Å². The van der Waals surface area contributed by atoms with E-state index in [0.29, 0.717) is 6.42 Å². The Kier molecular flexibility index (Phi) is 6.22. The molecule has 0 fully saturated rings. The summed E-state index contributed by atoms with van der Waals surface area (Å²) >= 11 is 0. The minimum absolute atomic E-state index is 0.105. The van der Waals surface area contributed by atoms with Crippen LogP contribution in [0, 0.1) is 0 Å². The molecule has 1 aromatic carbocycles. The van der Waals surface area contributed by atoms with Crippen molar-refractivity contribution in [1.29, 1.82) is 0 Å². The summed E-state index contributed by atoms with van der Waals surface area (Å²) in [5.74, 6) is -0.105. The molecule has 0 saturated carbocycles. The van der Waals surface area contributed by atoms with Crippen LogP contribution in [0.5, 0.6) is 0 Å². The zero-order valence-corrected chi connectivity index (χ0v) is 10.8. The summed E-state index contributed by atoms with van der Waals surface area (Å²) in [5, 5.41) is 0. The molecule has 0 aliphatic heterocycles. The third kappa shape index (κ3) is 7.94. The molecular weight excluding hydrogens is 236 g/mol. The standard InChI is InChI=1S/C13H20O3S/c14-17(15,16)12-8-3-1-2-5-9-13-10-6-4-7-11-13/h4,6-7,10-11H,1-3,5,8-9,12H2,(H,14,15,16). The Morgan fingerprint density at radius 2 is 1.47 bits per heavy atom. The highest BCUT2D eigenvalue weighted by Gasteiger charge is 2.02. The van der Waals surface area contributed by atoms with Crippen molar-refractivity contribution in [3.63, 3.8) is 0 Å². The predicted molar refractivity (Wildman–Crippen MR) is 69.6 cm³/mol. The van der Waals surface area contributed by atoms with E-state index < -0.39 is 10.1 Å². The van der Waals surface area contributed by atoms with Crippen molar-refractivity contribution >= 4 is 10.1 Å². The molecule has 0 aromatic heterocycles. The highest BCUT2D eigenvalue weighted by molar-refractivity contribution is 7.85. The second-order valence-electron chi connectivity index (χ2n) is 4.29. The topological polar surface area (TPSA) is 54.4 Å². The maximum absolute atomic E-state index is 10.5. The van der Waals surface area contributed by atoms with Gasteiger partial charge in [0.15, 0.2) is 0 Å². The number of hydrogen-bond donors (Lipinski definition) is 1. The summed E-state index contributed by atoms with van der Waals surface area (Å²) in [5.41, 5.74) is 1.35. The molecule has 0 heterocycles. The van der Waals surface area contributed by atoms with E-state index in [-0.39, 0.29) is 5.75 Å². The van der Waals surface area contributed by atoms with Crippen LogP contribution in [-0.4, -0.2) is 18.7 Å². The van der Waals surface area contributed by atoms with E-state index in [9.17, 15) is 8.42 Å². The fourth-order valence-corrected chi connectivity index (χ4v) is 2.36. The molecule has 0 atom stereocenters. The van der Waals surface area contributed by atoms with Gasteiger partial charge in [-0.3, -0.25) is 4.55 Å². The molecule has 0 spiro atoms. The maximum Gasteiger partial charge on any atom is 0.264 e. The molecule has 0 amide bonds. The molecular formula is C13H20O3S. The first-order chi connectivity index (χ1) is 8.08. The van der Waals surface area contributed by atoms with E-state index in [1.807, 2.05) is 18.2 Å². The molecule has 0 aliphatic carbocycles. The third-order valence-electron chi connectivity index (χ3n) is 2.71. The lowest BCUT2D eigenvalue weighted by atomic mass is 10.1. The second-order valence-corrected chi connectivity index (χ2v) is 5.86. The Morgan fingerprint density at radius 1 is 0.882 bits per heavy atom. The summed E-state index contributed by atoms with van der Waals surface area (Å²) in [4.78, 5) is 0. The number of benzene rings is 1. The van der Waals surface area contributed by atoms with E-state index in [1.54, 1.807) is 0 Å². The van der Waals surface area contributed by atoms with Crippen LogP contribution < -0.4 is 0 Å². The first-order valence-corrected chi connectivity index (χ1v) is 7.68. The van der Waals surface area contributed by atoms with Crippen LogP contribution >= 0.6 is 0 Å². The number of aryl methyl sites for hydroxylation is 1. The van der Waals surface area contributed by atoms with Crippen LogP contribution in [0.15, 0.2) is 30.3 Å². The van der Waals surface area contributed by atoms with Crippen LogP contribution in [0.4, 0.5) is 0 Å². The van der Waals surface area contributed by atoms with Crippen LogP contribution in [0.1, 0.15) is 37.7 Å². The minimum atomic E-state index is -3.76. The Morgan fingerprint density at radius 3 is 2.12 bits per heavy atom. The molecule has 0 radical (unpaired) electrons. The summed E-state index contributed by atoms with van der Waals surface area (Å²) in [6.07, 6.45) is 5.79. The molecule has 3 nitrogen and oxygen atoms in total. The Labute approximate surface area is 104 Å². The van der Waals surface area contributed by atoms with E-state index >= 15 is 0 Å². The van der Waals surface area contributed by atoms with Gasteiger partial charge in [-0.15, -0.1) is 0 Å². The van der Waals surface area contributed by atoms with E-state index in [4.69, 9.17) is 4.55 Å². The fraction of sp³-hybridized carbons (Fsp3) is 0.538. The van der Waals surface area contributed by atoms with Crippen molar-refractivity contribution in [3.8, 4) is 0 Å². The van der Waals surface area contributed by atoms with E-state index in [2.05, 4.69) is 12.1 Å². The summed E-state index contributed by atoms with van der Waals surface area (Å²) in [7, 11) is -3.76. The Bertz CT molecular complexity index is 398. The zero-order valence-electron chi connectivity index (χ0n) is 10.0. The smallest absolute Gasteiger partial charge is 0.264 e. The van der Waals surface area contributed by atoms with Crippen molar-refractivity contribution in [1.82, 2.24) is 0 Å². The number of rotatable bonds is 8. The fourth-order valence-electron chi connectivity index (χ4n) is 1.79. The first kappa shape index (κ1) is 14.2. The molecule has 17 heavy (non-hydrogen) atoms. The Hall–Kier alpha value is -0.870. The van der Waals surface area contributed by atoms with E-state index in [0.717, 1.165) is 32.1 Å². The molecule has 0 aliphatic rings. The molecule has 4 heteroatoms. The van der Waals surface area contributed by atoms with Gasteiger partial charge in [0, 0.05) is 0 Å². The average molecular weight is 256 g/mol. The van der Waals surface area contributed by atoms with Gasteiger partial charge in [0.2, 0.25) is 0 Å². The molecule has 1 rings (SSSR count). The molecule has 96 valence electrons. The van der Waals surface area contributed by atoms with Crippen LogP contribution in [-0.2, 0) is 16.5 Å². The van der Waals surface area contributed by atoms with Crippen molar-refractivity contribution in [2.45, 2.75) is 38.5 Å². The van der Waals surface area contributed by atoms with Crippen LogP contribution in [0.25, 0.3) is 0 Å². The van der Waals surface area contributed by atoms with Gasteiger partial charge >= 0.3 is 0 Å². The largest absolute Gasteiger partial charge is 0.286 e. The van der Waals surface area contributed by atoms with E-state index in [1.165, 1.54) is 5.56 Å². The SMILES string of the molecule is O=S(=O)(O)CCCCCCCc1ccccc1. The van der Waals surface area contributed by atoms with Crippen LogP contribution in [0.3, 0.4) is 0 Å². The molecule has 0 bridgehead atoms. The summed E-state index contributed by atoms with van der Waals surface area (Å²) in [6.45, 7) is 0. The van der Waals surface area contributed by atoms with Gasteiger partial charge in [-0.1, -0.05) is 49.6 Å². The van der Waals surface area contributed by atoms with Crippen molar-refractivity contribution < 1.29 is 13.0 Å². The highest BCUT2D eigenvalue weighted by atomic mass is 32.2. The van der Waals surface area contributed by atoms with Gasteiger partial charge < -0.3 is 0 Å². The zero-order chi connectivity index (χ0) is 12.6. The lowest BCUT2D eigenvalue weighted by Crippen LogP contribution is -2.03. The number of hydrogen-bond acceptors (Lipinski definition) is 2.